The lowest BCUT2D eigenvalue weighted by Crippen LogP contribution is -2.27. The standard InChI is InChI=1S/C26H30N8O/c1-6-11-33-24(35)19-15-28-25(29-18-13-17-16-32(5)12-10-20(17)27-14-18)31-23(19)34(33)22-9-7-8-21(30-22)26(2,3)4/h6-9,13-15H,1,10-12,16H2,2-5H3,(H,28,29,31). The minimum Gasteiger partial charge on any atom is -0.323 e. The Morgan fingerprint density at radius 3 is 2.77 bits per heavy atom. The van der Waals surface area contributed by atoms with Crippen molar-refractivity contribution >= 4 is 22.7 Å². The number of pyridine rings is 2. The fraction of sp³-hybridized carbons (Fsp3) is 0.346. The average Bonchev–Trinajstić information content (AvgIpc) is 3.09. The number of rotatable bonds is 5. The molecule has 0 radical (unpaired) electrons. The van der Waals surface area contributed by atoms with Crippen molar-refractivity contribution in [2.24, 2.45) is 0 Å². The molecule has 0 aromatic carbocycles. The molecule has 4 aromatic heterocycles. The summed E-state index contributed by atoms with van der Waals surface area (Å²) in [7, 11) is 2.11. The van der Waals surface area contributed by atoms with E-state index in [0.29, 0.717) is 29.3 Å². The molecule has 0 aliphatic carbocycles. The Kier molecular flexibility index (Phi) is 5.72. The Hall–Kier alpha value is -3.85. The van der Waals surface area contributed by atoms with E-state index in [-0.39, 0.29) is 11.0 Å². The maximum atomic E-state index is 13.2. The van der Waals surface area contributed by atoms with Gasteiger partial charge in [0, 0.05) is 42.5 Å². The molecule has 0 unspecified atom stereocenters. The van der Waals surface area contributed by atoms with Crippen LogP contribution in [0.15, 0.2) is 54.1 Å². The van der Waals surface area contributed by atoms with Crippen molar-refractivity contribution in [3.05, 3.63) is 76.6 Å². The number of likely N-dealkylation sites (N-methyl/N-ethyl adjacent to an activating group) is 1. The van der Waals surface area contributed by atoms with Gasteiger partial charge in [-0.3, -0.25) is 9.78 Å². The van der Waals surface area contributed by atoms with E-state index in [0.717, 1.165) is 36.6 Å². The monoisotopic (exact) mass is 470 g/mol. The van der Waals surface area contributed by atoms with Gasteiger partial charge in [-0.2, -0.15) is 4.98 Å². The van der Waals surface area contributed by atoms with Gasteiger partial charge in [0.1, 0.15) is 5.39 Å². The summed E-state index contributed by atoms with van der Waals surface area (Å²) in [6.45, 7) is 12.3. The summed E-state index contributed by atoms with van der Waals surface area (Å²) in [5.74, 6) is 1.01. The zero-order chi connectivity index (χ0) is 24.7. The maximum Gasteiger partial charge on any atom is 0.278 e. The summed E-state index contributed by atoms with van der Waals surface area (Å²) < 4.78 is 3.34. The predicted molar refractivity (Wildman–Crippen MR) is 137 cm³/mol. The first kappa shape index (κ1) is 22.9. The highest BCUT2D eigenvalue weighted by molar-refractivity contribution is 5.77. The summed E-state index contributed by atoms with van der Waals surface area (Å²) in [5, 5.41) is 3.69. The van der Waals surface area contributed by atoms with E-state index in [1.165, 1.54) is 5.56 Å². The summed E-state index contributed by atoms with van der Waals surface area (Å²) >= 11 is 0. The van der Waals surface area contributed by atoms with Crippen molar-refractivity contribution in [2.75, 3.05) is 18.9 Å². The van der Waals surface area contributed by atoms with Gasteiger partial charge in [-0.25, -0.2) is 19.3 Å². The second-order valence-electron chi connectivity index (χ2n) is 9.99. The number of allylic oxidation sites excluding steroid dienone is 1. The second kappa shape index (κ2) is 8.74. The molecule has 1 aliphatic heterocycles. The van der Waals surface area contributed by atoms with Gasteiger partial charge in [0.15, 0.2) is 11.5 Å². The minimum absolute atomic E-state index is 0.141. The minimum atomic E-state index is -0.187. The van der Waals surface area contributed by atoms with Crippen LogP contribution in [0.4, 0.5) is 11.6 Å². The van der Waals surface area contributed by atoms with E-state index in [4.69, 9.17) is 9.97 Å². The fourth-order valence-corrected chi connectivity index (χ4v) is 4.33. The molecule has 180 valence electrons. The lowest BCUT2D eigenvalue weighted by atomic mass is 9.92. The summed E-state index contributed by atoms with van der Waals surface area (Å²) in [5.41, 5.74) is 4.22. The molecule has 9 heteroatoms. The second-order valence-corrected chi connectivity index (χ2v) is 9.99. The normalized spacial score (nSPS) is 14.2. The van der Waals surface area contributed by atoms with E-state index in [2.05, 4.69) is 60.6 Å². The molecule has 1 aliphatic rings. The molecule has 0 atom stereocenters. The quantitative estimate of drug-likeness (QED) is 0.446. The molecule has 0 saturated heterocycles. The zero-order valence-corrected chi connectivity index (χ0v) is 20.6. The highest BCUT2D eigenvalue weighted by atomic mass is 16.1. The molecule has 9 nitrogen and oxygen atoms in total. The van der Waals surface area contributed by atoms with Crippen LogP contribution in [0, 0.1) is 0 Å². The molecule has 0 saturated carbocycles. The van der Waals surface area contributed by atoms with Crippen LogP contribution in [0.2, 0.25) is 0 Å². The van der Waals surface area contributed by atoms with Crippen molar-refractivity contribution in [1.29, 1.82) is 0 Å². The first-order chi connectivity index (χ1) is 16.7. The van der Waals surface area contributed by atoms with Crippen LogP contribution < -0.4 is 10.9 Å². The number of fused-ring (bicyclic) bond motifs is 2. The number of nitrogens with zero attached hydrogens (tertiary/aromatic N) is 7. The third-order valence-corrected chi connectivity index (χ3v) is 6.18. The van der Waals surface area contributed by atoms with Crippen molar-refractivity contribution in [3.8, 4) is 5.82 Å². The Morgan fingerprint density at radius 2 is 2.00 bits per heavy atom. The molecule has 0 fully saturated rings. The highest BCUT2D eigenvalue weighted by Crippen LogP contribution is 2.24. The van der Waals surface area contributed by atoms with Gasteiger partial charge < -0.3 is 10.2 Å². The molecule has 5 heterocycles. The van der Waals surface area contributed by atoms with Gasteiger partial charge in [-0.1, -0.05) is 32.9 Å². The molecule has 0 amide bonds. The van der Waals surface area contributed by atoms with Gasteiger partial charge in [0.2, 0.25) is 5.95 Å². The van der Waals surface area contributed by atoms with Crippen molar-refractivity contribution in [2.45, 2.75) is 45.7 Å². The van der Waals surface area contributed by atoms with Gasteiger partial charge in [0.05, 0.1) is 18.4 Å². The van der Waals surface area contributed by atoms with Crippen molar-refractivity contribution in [1.82, 2.24) is 34.2 Å². The molecule has 0 spiro atoms. The zero-order valence-electron chi connectivity index (χ0n) is 20.6. The van der Waals surface area contributed by atoms with Crippen LogP contribution in [0.1, 0.15) is 37.7 Å². The SMILES string of the molecule is C=CCn1c(=O)c2cnc(Nc3cnc4c(c3)CN(C)CC4)nc2n1-c1cccc(C(C)(C)C)n1. The van der Waals surface area contributed by atoms with Crippen molar-refractivity contribution < 1.29 is 0 Å². The van der Waals surface area contributed by atoms with E-state index in [1.807, 2.05) is 24.4 Å². The lowest BCUT2D eigenvalue weighted by molar-refractivity contribution is 0.310. The Morgan fingerprint density at radius 1 is 1.17 bits per heavy atom. The van der Waals surface area contributed by atoms with Gasteiger partial charge in [-0.05, 0) is 30.8 Å². The van der Waals surface area contributed by atoms with Crippen LogP contribution in [-0.2, 0) is 24.9 Å². The molecule has 4 aromatic rings. The first-order valence-corrected chi connectivity index (χ1v) is 11.8. The maximum absolute atomic E-state index is 13.2. The lowest BCUT2D eigenvalue weighted by Gasteiger charge is -2.24. The summed E-state index contributed by atoms with van der Waals surface area (Å²) in [6.07, 6.45) is 6.00. The van der Waals surface area contributed by atoms with Crippen LogP contribution in [0.3, 0.4) is 0 Å². The third-order valence-electron chi connectivity index (χ3n) is 6.18. The number of hydrogen-bond donors (Lipinski definition) is 1. The Bertz CT molecular complexity index is 1480. The van der Waals surface area contributed by atoms with E-state index in [9.17, 15) is 4.79 Å². The highest BCUT2D eigenvalue weighted by Gasteiger charge is 2.21. The van der Waals surface area contributed by atoms with Gasteiger partial charge in [0.25, 0.3) is 5.56 Å². The fourth-order valence-electron chi connectivity index (χ4n) is 4.33. The summed E-state index contributed by atoms with van der Waals surface area (Å²) in [4.78, 5) is 34.1. The largest absolute Gasteiger partial charge is 0.323 e. The van der Waals surface area contributed by atoms with E-state index in [1.54, 1.807) is 21.6 Å². The van der Waals surface area contributed by atoms with Gasteiger partial charge >= 0.3 is 0 Å². The molecular formula is C26H30N8O. The summed E-state index contributed by atoms with van der Waals surface area (Å²) in [6, 6.07) is 7.92. The first-order valence-electron chi connectivity index (χ1n) is 11.8. The number of nitrogens with one attached hydrogen (secondary N) is 1. The van der Waals surface area contributed by atoms with E-state index >= 15 is 0 Å². The van der Waals surface area contributed by atoms with Crippen LogP contribution in [0.5, 0.6) is 0 Å². The van der Waals surface area contributed by atoms with E-state index < -0.39 is 0 Å². The third kappa shape index (κ3) is 4.35. The number of anilines is 2. The Balaban J connectivity index is 1.60. The van der Waals surface area contributed by atoms with Crippen LogP contribution in [-0.4, -0.2) is 47.8 Å². The molecule has 5 rings (SSSR count). The topological polar surface area (TPSA) is 93.8 Å². The molecule has 0 bridgehead atoms. The molecule has 1 N–H and O–H groups in total. The Labute approximate surface area is 204 Å². The number of hydrogen-bond acceptors (Lipinski definition) is 7. The number of aromatic nitrogens is 6. The predicted octanol–water partition coefficient (Wildman–Crippen LogP) is 3.59. The van der Waals surface area contributed by atoms with Crippen molar-refractivity contribution in [3.63, 3.8) is 0 Å². The molecule has 35 heavy (non-hydrogen) atoms. The smallest absolute Gasteiger partial charge is 0.278 e. The average molecular weight is 471 g/mol. The van der Waals surface area contributed by atoms with Crippen LogP contribution in [0.25, 0.3) is 16.9 Å². The molecular weight excluding hydrogens is 440 g/mol. The van der Waals surface area contributed by atoms with Crippen LogP contribution >= 0.6 is 0 Å². The van der Waals surface area contributed by atoms with Gasteiger partial charge in [-0.15, -0.1) is 6.58 Å².